The van der Waals surface area contributed by atoms with Crippen LogP contribution in [-0.2, 0) is 23.7 Å². The van der Waals surface area contributed by atoms with Gasteiger partial charge in [-0.25, -0.2) is 8.51 Å². The van der Waals surface area contributed by atoms with Crippen LogP contribution in [0.25, 0.3) is 0 Å². The molecule has 0 radical (unpaired) electrons. The quantitative estimate of drug-likeness (QED) is 0.498. The van der Waals surface area contributed by atoms with Gasteiger partial charge in [0.15, 0.2) is 0 Å². The molecule has 8 heteroatoms. The molecular formula is C24H31F3N2O2S. The lowest BCUT2D eigenvalue weighted by atomic mass is 9.97. The molecule has 1 aliphatic rings. The van der Waals surface area contributed by atoms with Crippen molar-refractivity contribution in [3.05, 3.63) is 53.6 Å². The van der Waals surface area contributed by atoms with Gasteiger partial charge in [-0.15, -0.1) is 0 Å². The molecule has 176 valence electrons. The number of methoxy groups -OCH3 is 1. The molecular weight excluding hydrogens is 437 g/mol. The molecule has 4 nitrogen and oxygen atoms in total. The molecule has 0 saturated carbocycles. The fourth-order valence-electron chi connectivity index (χ4n) is 4.13. The molecule has 1 aliphatic heterocycles. The molecule has 0 spiro atoms. The topological polar surface area (TPSA) is 41.6 Å². The van der Waals surface area contributed by atoms with Crippen molar-refractivity contribution in [2.24, 2.45) is 5.92 Å². The molecule has 0 saturated heterocycles. The molecule has 1 N–H and O–H groups in total. The predicted octanol–water partition coefficient (Wildman–Crippen LogP) is 6.25. The second kappa shape index (κ2) is 10.7. The Morgan fingerprint density at radius 3 is 2.53 bits per heavy atom. The fraction of sp³-hybridized carbons (Fsp3) is 0.500. The van der Waals surface area contributed by atoms with Crippen LogP contribution >= 0.6 is 0 Å². The Balaban J connectivity index is 1.86. The Bertz CT molecular complexity index is 918. The van der Waals surface area contributed by atoms with E-state index in [-0.39, 0.29) is 6.04 Å². The maximum Gasteiger partial charge on any atom is 0.416 e. The van der Waals surface area contributed by atoms with Gasteiger partial charge in [0.2, 0.25) is 0 Å². The van der Waals surface area contributed by atoms with E-state index in [0.29, 0.717) is 29.7 Å². The fourth-order valence-corrected chi connectivity index (χ4v) is 5.36. The number of nitrogens with one attached hydrogen (secondary N) is 1. The summed E-state index contributed by atoms with van der Waals surface area (Å²) in [5, 5.41) is 3.59. The van der Waals surface area contributed by atoms with Crippen molar-refractivity contribution in [2.75, 3.05) is 19.0 Å². The summed E-state index contributed by atoms with van der Waals surface area (Å²) < 4.78 is 59.5. The molecule has 3 rings (SSSR count). The number of hydrogen-bond acceptors (Lipinski definition) is 3. The van der Waals surface area contributed by atoms with Crippen LogP contribution in [0.4, 0.5) is 18.9 Å². The van der Waals surface area contributed by atoms with Crippen molar-refractivity contribution < 1.29 is 22.1 Å². The largest absolute Gasteiger partial charge is 0.496 e. The molecule has 1 heterocycles. The van der Waals surface area contributed by atoms with Crippen LogP contribution in [0.5, 0.6) is 5.75 Å². The summed E-state index contributed by atoms with van der Waals surface area (Å²) in [7, 11) is -0.00270. The Morgan fingerprint density at radius 1 is 1.19 bits per heavy atom. The summed E-state index contributed by atoms with van der Waals surface area (Å²) >= 11 is 0. The van der Waals surface area contributed by atoms with Crippen molar-refractivity contribution >= 4 is 16.7 Å². The Labute approximate surface area is 190 Å². The van der Waals surface area contributed by atoms with Crippen LogP contribution in [0.1, 0.15) is 50.7 Å². The van der Waals surface area contributed by atoms with E-state index in [1.54, 1.807) is 7.11 Å². The van der Waals surface area contributed by atoms with E-state index in [2.05, 4.69) is 19.2 Å². The van der Waals surface area contributed by atoms with Gasteiger partial charge in [-0.2, -0.15) is 13.2 Å². The molecule has 32 heavy (non-hydrogen) atoms. The first-order chi connectivity index (χ1) is 15.2. The average molecular weight is 469 g/mol. The smallest absolute Gasteiger partial charge is 0.416 e. The minimum atomic E-state index is -4.42. The van der Waals surface area contributed by atoms with Gasteiger partial charge in [-0.3, -0.25) is 0 Å². The molecule has 0 amide bonds. The Kier molecular flexibility index (Phi) is 8.22. The van der Waals surface area contributed by atoms with Crippen LogP contribution < -0.4 is 10.1 Å². The van der Waals surface area contributed by atoms with Crippen LogP contribution in [0.2, 0.25) is 0 Å². The standard InChI is InChI=1S/C24H31F3N2O2S/c1-4-6-17(2)9-12-19-15-29(16-21-22(28-19)7-5-8-23(21)31-3)32(30)20-13-10-18(11-14-20)24(25,26)27/h5,7-8,10-11,13-14,17,19,28H,4,6,9,12,15-16H2,1-3H3. The summed E-state index contributed by atoms with van der Waals surface area (Å²) in [6, 6.07) is 10.4. The van der Waals surface area contributed by atoms with Gasteiger partial charge in [0.25, 0.3) is 0 Å². The zero-order chi connectivity index (χ0) is 23.3. The first-order valence-corrected chi connectivity index (χ1v) is 12.1. The lowest BCUT2D eigenvalue weighted by molar-refractivity contribution is -0.137. The van der Waals surface area contributed by atoms with Crippen molar-refractivity contribution in [3.8, 4) is 5.75 Å². The highest BCUT2D eigenvalue weighted by molar-refractivity contribution is 7.82. The third-order valence-electron chi connectivity index (χ3n) is 5.88. The third-order valence-corrected chi connectivity index (χ3v) is 7.30. The zero-order valence-electron chi connectivity index (χ0n) is 18.7. The maximum absolute atomic E-state index is 13.4. The van der Waals surface area contributed by atoms with E-state index in [9.17, 15) is 17.4 Å². The van der Waals surface area contributed by atoms with Gasteiger partial charge in [0, 0.05) is 30.4 Å². The SMILES string of the molecule is CCCC(C)CCC1CN(S(=O)c2ccc(C(F)(F)F)cc2)Cc2c(cccc2OC)N1. The molecule has 0 aliphatic carbocycles. The van der Waals surface area contributed by atoms with Crippen LogP contribution in [0.15, 0.2) is 47.4 Å². The van der Waals surface area contributed by atoms with E-state index >= 15 is 0 Å². The molecule has 2 aromatic carbocycles. The highest BCUT2D eigenvalue weighted by atomic mass is 32.2. The summed E-state index contributed by atoms with van der Waals surface area (Å²) in [5.41, 5.74) is 1.11. The summed E-state index contributed by atoms with van der Waals surface area (Å²) in [6.45, 7) is 5.32. The summed E-state index contributed by atoms with van der Waals surface area (Å²) in [4.78, 5) is 0.356. The lowest BCUT2D eigenvalue weighted by Crippen LogP contribution is -2.35. The molecule has 3 unspecified atom stereocenters. The maximum atomic E-state index is 13.4. The van der Waals surface area contributed by atoms with Crippen LogP contribution in [0.3, 0.4) is 0 Å². The van der Waals surface area contributed by atoms with Gasteiger partial charge < -0.3 is 10.1 Å². The first kappa shape index (κ1) is 24.6. The van der Waals surface area contributed by atoms with Gasteiger partial charge >= 0.3 is 6.18 Å². The second-order valence-electron chi connectivity index (χ2n) is 8.39. The van der Waals surface area contributed by atoms with Crippen molar-refractivity contribution in [3.63, 3.8) is 0 Å². The average Bonchev–Trinajstić information content (AvgIpc) is 2.96. The monoisotopic (exact) mass is 468 g/mol. The van der Waals surface area contributed by atoms with E-state index in [1.165, 1.54) is 18.6 Å². The molecule has 3 atom stereocenters. The van der Waals surface area contributed by atoms with Crippen LogP contribution in [-0.4, -0.2) is 28.2 Å². The van der Waals surface area contributed by atoms with Crippen molar-refractivity contribution in [2.45, 2.75) is 63.2 Å². The molecule has 0 aromatic heterocycles. The Hall–Kier alpha value is -2.06. The Morgan fingerprint density at radius 2 is 1.91 bits per heavy atom. The van der Waals surface area contributed by atoms with E-state index in [0.717, 1.165) is 42.6 Å². The van der Waals surface area contributed by atoms with Gasteiger partial charge in [0.05, 0.1) is 17.6 Å². The summed E-state index contributed by atoms with van der Waals surface area (Å²) in [5.74, 6) is 1.30. The van der Waals surface area contributed by atoms with E-state index in [1.807, 2.05) is 22.5 Å². The number of rotatable bonds is 8. The number of anilines is 1. The van der Waals surface area contributed by atoms with Crippen molar-refractivity contribution in [1.29, 1.82) is 0 Å². The molecule has 0 bridgehead atoms. The minimum absolute atomic E-state index is 0.0704. The number of halogens is 3. The van der Waals surface area contributed by atoms with Crippen molar-refractivity contribution in [1.82, 2.24) is 4.31 Å². The van der Waals surface area contributed by atoms with Crippen LogP contribution in [0, 0.1) is 5.92 Å². The lowest BCUT2D eigenvalue weighted by Gasteiger charge is -2.25. The van der Waals surface area contributed by atoms with Gasteiger partial charge in [0.1, 0.15) is 16.7 Å². The number of hydrogen-bond donors (Lipinski definition) is 1. The second-order valence-corrected chi connectivity index (χ2v) is 9.88. The highest BCUT2D eigenvalue weighted by Crippen LogP contribution is 2.34. The molecule has 0 fully saturated rings. The first-order valence-electron chi connectivity index (χ1n) is 11.0. The number of fused-ring (bicyclic) bond motifs is 1. The van der Waals surface area contributed by atoms with E-state index in [4.69, 9.17) is 4.74 Å². The minimum Gasteiger partial charge on any atom is -0.496 e. The number of ether oxygens (including phenoxy) is 1. The number of nitrogens with zero attached hydrogens (tertiary/aromatic N) is 1. The molecule has 2 aromatic rings. The van der Waals surface area contributed by atoms with E-state index < -0.39 is 22.7 Å². The normalized spacial score (nSPS) is 18.9. The number of alkyl halides is 3. The highest BCUT2D eigenvalue weighted by Gasteiger charge is 2.31. The van der Waals surface area contributed by atoms with Gasteiger partial charge in [-0.05, 0) is 55.2 Å². The third kappa shape index (κ3) is 6.04. The number of benzene rings is 2. The zero-order valence-corrected chi connectivity index (χ0v) is 19.6. The van der Waals surface area contributed by atoms with Gasteiger partial charge in [-0.1, -0.05) is 32.8 Å². The summed E-state index contributed by atoms with van der Waals surface area (Å²) in [6.07, 6.45) is -0.148. The predicted molar refractivity (Wildman–Crippen MR) is 122 cm³/mol.